The van der Waals surface area contributed by atoms with Gasteiger partial charge in [-0.1, -0.05) is 24.3 Å². The monoisotopic (exact) mass is 666 g/mol. The van der Waals surface area contributed by atoms with Gasteiger partial charge in [0.1, 0.15) is 0 Å². The fraction of sp³-hybridized carbons (Fsp3) is 0.677. The van der Waals surface area contributed by atoms with Crippen LogP contribution in [0.1, 0.15) is 24.7 Å². The molecule has 0 radical (unpaired) electrons. The lowest BCUT2D eigenvalue weighted by Gasteiger charge is -2.09. The Kier molecular flexibility index (Phi) is 23.7. The molecule has 0 spiro atoms. The molecule has 0 fully saturated rings. The summed E-state index contributed by atoms with van der Waals surface area (Å²) in [4.78, 5) is 22.8. The molecule has 0 atom stereocenters. The number of nitrogens with one attached hydrogen (secondary N) is 2. The summed E-state index contributed by atoms with van der Waals surface area (Å²) in [5, 5.41) is 21.4. The Morgan fingerprint density at radius 2 is 0.957 bits per heavy atom. The van der Waals surface area contributed by atoms with Gasteiger partial charge in [0, 0.05) is 32.0 Å². The molecule has 2 amide bonds. The van der Waals surface area contributed by atoms with Gasteiger partial charge in [-0.05, 0) is 12.5 Å². The molecule has 1 aromatic carbocycles. The Bertz CT molecular complexity index is 1070. The maximum absolute atomic E-state index is 12.1. The first kappa shape index (κ1) is 40.0. The van der Waals surface area contributed by atoms with Gasteiger partial charge in [0.2, 0.25) is 17.6 Å². The van der Waals surface area contributed by atoms with Crippen LogP contribution in [0.4, 0.5) is 0 Å². The van der Waals surface area contributed by atoms with Gasteiger partial charge in [-0.2, -0.15) is 0 Å². The summed E-state index contributed by atoms with van der Waals surface area (Å²) < 4.78 is 43.5. The molecule has 0 aliphatic rings. The number of ether oxygens (including phenoxy) is 8. The highest BCUT2D eigenvalue weighted by Crippen LogP contribution is 2.14. The summed E-state index contributed by atoms with van der Waals surface area (Å²) in [5.41, 5.74) is 1.77. The van der Waals surface area contributed by atoms with Gasteiger partial charge >= 0.3 is 0 Å². The third-order valence-electron chi connectivity index (χ3n) is 5.98. The summed E-state index contributed by atoms with van der Waals surface area (Å²) in [6, 6.07) is 7.55. The second kappa shape index (κ2) is 27.9. The lowest BCUT2D eigenvalue weighted by molar-refractivity contribution is -0.122. The van der Waals surface area contributed by atoms with Crippen molar-refractivity contribution in [2.45, 2.75) is 26.8 Å². The van der Waals surface area contributed by atoms with E-state index in [0.717, 1.165) is 11.1 Å². The second-order valence-corrected chi connectivity index (χ2v) is 9.88. The Labute approximate surface area is 276 Å². The minimum atomic E-state index is -0.0878. The van der Waals surface area contributed by atoms with Crippen molar-refractivity contribution in [3.05, 3.63) is 35.7 Å². The third kappa shape index (κ3) is 22.9. The average Bonchev–Trinajstić information content (AvgIpc) is 3.07. The van der Waals surface area contributed by atoms with Crippen LogP contribution in [0, 0.1) is 6.92 Å². The van der Waals surface area contributed by atoms with Gasteiger partial charge < -0.3 is 48.5 Å². The first-order valence-corrected chi connectivity index (χ1v) is 15.8. The number of rotatable bonds is 30. The van der Waals surface area contributed by atoms with Crippen molar-refractivity contribution < 1.29 is 47.5 Å². The molecule has 0 saturated heterocycles. The van der Waals surface area contributed by atoms with Crippen molar-refractivity contribution >= 4 is 11.8 Å². The smallest absolute Gasteiger partial charge is 0.222 e. The predicted octanol–water partition coefficient (Wildman–Crippen LogP) is 0.517. The van der Waals surface area contributed by atoms with Gasteiger partial charge in [-0.15, -0.1) is 20.4 Å². The van der Waals surface area contributed by atoms with Crippen molar-refractivity contribution in [1.82, 2.24) is 31.0 Å². The average molecular weight is 667 g/mol. The molecule has 0 bridgehead atoms. The van der Waals surface area contributed by atoms with E-state index in [1.165, 1.54) is 6.92 Å². The number of nitrogens with zero attached hydrogens (tertiary/aromatic N) is 4. The molecule has 0 saturated carbocycles. The number of hydrogen-bond acceptors (Lipinski definition) is 14. The number of amides is 2. The minimum absolute atomic E-state index is 0.0669. The minimum Gasteiger partial charge on any atom is -0.379 e. The van der Waals surface area contributed by atoms with Crippen LogP contribution in [0.15, 0.2) is 24.3 Å². The SMILES string of the molecule is CC(=O)NCCOCCOCCOCCOCCOCCOCCOCCOCCC(=O)NCc1ccc(-c2nnc(C)nn2)cc1. The van der Waals surface area contributed by atoms with E-state index in [1.54, 1.807) is 6.92 Å². The topological polar surface area (TPSA) is 184 Å². The molecule has 0 unspecified atom stereocenters. The first-order chi connectivity index (χ1) is 23.0. The van der Waals surface area contributed by atoms with Crippen molar-refractivity contribution in [3.63, 3.8) is 0 Å². The Morgan fingerprint density at radius 3 is 1.38 bits per heavy atom. The summed E-state index contributed by atoms with van der Waals surface area (Å²) >= 11 is 0. The Morgan fingerprint density at radius 1 is 0.553 bits per heavy atom. The van der Waals surface area contributed by atoms with Gasteiger partial charge in [0.25, 0.3) is 0 Å². The van der Waals surface area contributed by atoms with E-state index in [1.807, 2.05) is 24.3 Å². The summed E-state index contributed by atoms with van der Waals surface area (Å²) in [6.45, 7) is 11.5. The van der Waals surface area contributed by atoms with Gasteiger partial charge in [0.05, 0.1) is 106 Å². The molecule has 16 nitrogen and oxygen atoms in total. The maximum Gasteiger partial charge on any atom is 0.222 e. The number of aryl methyl sites for hydroxylation is 1. The lowest BCUT2D eigenvalue weighted by Crippen LogP contribution is -2.25. The van der Waals surface area contributed by atoms with E-state index in [9.17, 15) is 9.59 Å². The van der Waals surface area contributed by atoms with Gasteiger partial charge in [-0.3, -0.25) is 9.59 Å². The highest BCUT2D eigenvalue weighted by molar-refractivity contribution is 5.76. The first-order valence-electron chi connectivity index (χ1n) is 15.8. The van der Waals surface area contributed by atoms with Crippen LogP contribution in [0.5, 0.6) is 0 Å². The normalized spacial score (nSPS) is 11.1. The molecule has 1 heterocycles. The molecular weight excluding hydrogens is 616 g/mol. The lowest BCUT2D eigenvalue weighted by atomic mass is 10.1. The molecule has 47 heavy (non-hydrogen) atoms. The predicted molar refractivity (Wildman–Crippen MR) is 169 cm³/mol. The van der Waals surface area contributed by atoms with Gasteiger partial charge in [0.15, 0.2) is 5.82 Å². The zero-order chi connectivity index (χ0) is 33.6. The Balaban J connectivity index is 1.24. The number of aromatic nitrogens is 4. The van der Waals surface area contributed by atoms with Crippen LogP contribution in [0.2, 0.25) is 0 Å². The van der Waals surface area contributed by atoms with E-state index in [4.69, 9.17) is 37.9 Å². The van der Waals surface area contributed by atoms with Crippen molar-refractivity contribution in [2.75, 3.05) is 112 Å². The van der Waals surface area contributed by atoms with Crippen LogP contribution in [-0.2, 0) is 54.0 Å². The van der Waals surface area contributed by atoms with E-state index in [-0.39, 0.29) is 18.2 Å². The van der Waals surface area contributed by atoms with Crippen molar-refractivity contribution in [1.29, 1.82) is 0 Å². The zero-order valence-electron chi connectivity index (χ0n) is 27.6. The number of carbonyl (C=O) groups is 2. The highest BCUT2D eigenvalue weighted by Gasteiger charge is 2.05. The van der Waals surface area contributed by atoms with Crippen LogP contribution >= 0.6 is 0 Å². The van der Waals surface area contributed by atoms with Crippen LogP contribution in [0.25, 0.3) is 11.4 Å². The van der Waals surface area contributed by atoms with E-state index in [0.29, 0.717) is 130 Å². The van der Waals surface area contributed by atoms with Crippen LogP contribution in [0.3, 0.4) is 0 Å². The number of hydrogen-bond donors (Lipinski definition) is 2. The van der Waals surface area contributed by atoms with E-state index >= 15 is 0 Å². The van der Waals surface area contributed by atoms with Crippen LogP contribution < -0.4 is 10.6 Å². The number of benzene rings is 1. The Hall–Kier alpha value is -3.22. The summed E-state index contributed by atoms with van der Waals surface area (Å²) in [5.74, 6) is 0.818. The van der Waals surface area contributed by atoms with E-state index in [2.05, 4.69) is 31.0 Å². The quantitative estimate of drug-likeness (QED) is 0.110. The largest absolute Gasteiger partial charge is 0.379 e. The summed E-state index contributed by atoms with van der Waals surface area (Å²) in [7, 11) is 0. The standard InChI is InChI=1S/C31H50N6O10/c1-26-34-36-31(37-35-26)29-5-3-28(4-6-29)25-33-30(39)7-9-40-11-13-42-15-17-44-19-21-46-23-24-47-22-20-45-18-16-43-14-12-41-10-8-32-27(2)38/h3-6H,7-25H2,1-2H3,(H,32,38)(H,33,39). The summed E-state index contributed by atoms with van der Waals surface area (Å²) in [6.07, 6.45) is 0.270. The fourth-order valence-corrected chi connectivity index (χ4v) is 3.56. The molecule has 16 heteroatoms. The third-order valence-corrected chi connectivity index (χ3v) is 5.98. The maximum atomic E-state index is 12.1. The van der Waals surface area contributed by atoms with Crippen LogP contribution in [-0.4, -0.2) is 144 Å². The highest BCUT2D eigenvalue weighted by atomic mass is 16.6. The molecular formula is C31H50N6O10. The molecule has 0 aliphatic carbocycles. The molecule has 2 rings (SSSR count). The molecule has 0 aliphatic heterocycles. The number of carbonyl (C=O) groups excluding carboxylic acids is 2. The van der Waals surface area contributed by atoms with Crippen molar-refractivity contribution in [3.8, 4) is 11.4 Å². The molecule has 2 N–H and O–H groups in total. The second-order valence-electron chi connectivity index (χ2n) is 9.88. The van der Waals surface area contributed by atoms with E-state index < -0.39 is 0 Å². The van der Waals surface area contributed by atoms with Crippen molar-refractivity contribution in [2.24, 2.45) is 0 Å². The van der Waals surface area contributed by atoms with Gasteiger partial charge in [-0.25, -0.2) is 0 Å². The molecule has 1 aromatic heterocycles. The zero-order valence-corrected chi connectivity index (χ0v) is 27.6. The molecule has 2 aromatic rings. The fourth-order valence-electron chi connectivity index (χ4n) is 3.56. The molecule has 264 valence electrons.